The Morgan fingerprint density at radius 1 is 1.11 bits per heavy atom. The molecule has 9 heteroatoms. The fourth-order valence-electron chi connectivity index (χ4n) is 3.08. The van der Waals surface area contributed by atoms with Crippen molar-refractivity contribution in [1.82, 2.24) is 9.97 Å². The van der Waals surface area contributed by atoms with E-state index in [1.54, 1.807) is 0 Å². The number of carbonyl (C=O) groups excluding carboxylic acids is 1. The molecule has 3 rings (SSSR count). The van der Waals surface area contributed by atoms with Gasteiger partial charge in [-0.25, -0.2) is 4.98 Å². The van der Waals surface area contributed by atoms with E-state index in [1.807, 2.05) is 11.0 Å². The maximum absolute atomic E-state index is 13.2. The van der Waals surface area contributed by atoms with Crippen LogP contribution in [0.5, 0.6) is 0 Å². The summed E-state index contributed by atoms with van der Waals surface area (Å²) in [5.41, 5.74) is -0.685. The minimum Gasteiger partial charge on any atom is -0.356 e. The van der Waals surface area contributed by atoms with E-state index in [1.165, 1.54) is 18.5 Å². The molecule has 0 aliphatic carbocycles. The van der Waals surface area contributed by atoms with Gasteiger partial charge in [-0.05, 0) is 25.0 Å². The van der Waals surface area contributed by atoms with Gasteiger partial charge in [-0.3, -0.25) is 9.78 Å². The van der Waals surface area contributed by atoms with Gasteiger partial charge < -0.3 is 10.2 Å². The molecule has 2 aromatic rings. The maximum atomic E-state index is 13.2. The number of anilines is 2. The van der Waals surface area contributed by atoms with Crippen molar-refractivity contribution in [2.24, 2.45) is 0 Å². The summed E-state index contributed by atoms with van der Waals surface area (Å²) in [7, 11) is 0. The number of rotatable bonds is 3. The fourth-order valence-corrected chi connectivity index (χ4v) is 3.08. The molecule has 1 amide bonds. The van der Waals surface area contributed by atoms with Crippen molar-refractivity contribution in [3.8, 4) is 6.07 Å². The third-order valence-electron chi connectivity index (χ3n) is 4.47. The third kappa shape index (κ3) is 4.57. The average Bonchev–Trinajstić information content (AvgIpc) is 2.96. The number of nitriles is 1. The molecular weight excluding hydrogens is 371 g/mol. The fraction of sp³-hybridized carbons (Fsp3) is 0.368. The first-order valence-corrected chi connectivity index (χ1v) is 8.87. The Bertz CT molecular complexity index is 899. The van der Waals surface area contributed by atoms with Crippen LogP contribution >= 0.6 is 0 Å². The van der Waals surface area contributed by atoms with Crippen LogP contribution in [0.4, 0.5) is 24.7 Å². The zero-order valence-electron chi connectivity index (χ0n) is 15.0. The van der Waals surface area contributed by atoms with Crippen LogP contribution in [0.2, 0.25) is 0 Å². The van der Waals surface area contributed by atoms with E-state index >= 15 is 0 Å². The second-order valence-corrected chi connectivity index (χ2v) is 6.52. The molecule has 0 radical (unpaired) electrons. The molecule has 0 aromatic carbocycles. The van der Waals surface area contributed by atoms with E-state index in [-0.39, 0.29) is 22.6 Å². The molecule has 0 spiro atoms. The number of aromatic nitrogens is 2. The highest BCUT2D eigenvalue weighted by atomic mass is 19.4. The van der Waals surface area contributed by atoms with Gasteiger partial charge in [0.05, 0.1) is 28.6 Å². The monoisotopic (exact) mass is 389 g/mol. The molecule has 1 aliphatic heterocycles. The van der Waals surface area contributed by atoms with Gasteiger partial charge in [-0.15, -0.1) is 0 Å². The lowest BCUT2D eigenvalue weighted by Gasteiger charge is -2.24. The zero-order chi connectivity index (χ0) is 20.1. The molecule has 0 saturated carbocycles. The van der Waals surface area contributed by atoms with Crippen molar-refractivity contribution in [3.63, 3.8) is 0 Å². The Balaban J connectivity index is 1.97. The van der Waals surface area contributed by atoms with E-state index < -0.39 is 17.6 Å². The first kappa shape index (κ1) is 19.6. The summed E-state index contributed by atoms with van der Waals surface area (Å²) in [6.07, 6.45) is 2.64. The second-order valence-electron chi connectivity index (χ2n) is 6.52. The molecule has 0 atom stereocenters. The van der Waals surface area contributed by atoms with Crippen LogP contribution in [0.25, 0.3) is 0 Å². The summed E-state index contributed by atoms with van der Waals surface area (Å²) in [4.78, 5) is 22.5. The largest absolute Gasteiger partial charge is 0.417 e. The van der Waals surface area contributed by atoms with Crippen molar-refractivity contribution < 1.29 is 18.0 Å². The number of nitrogens with one attached hydrogen (secondary N) is 1. The normalized spacial score (nSPS) is 14.9. The van der Waals surface area contributed by atoms with Crippen molar-refractivity contribution in [2.45, 2.75) is 31.9 Å². The van der Waals surface area contributed by atoms with Gasteiger partial charge in [0, 0.05) is 25.5 Å². The minimum atomic E-state index is -4.61. The van der Waals surface area contributed by atoms with Gasteiger partial charge >= 0.3 is 6.18 Å². The average molecular weight is 389 g/mol. The SMILES string of the molecule is N#Cc1cncc(NC(=O)c2cc(C(F)(F)F)cnc2N2CCCCCC2)c1. The van der Waals surface area contributed by atoms with Crippen molar-refractivity contribution in [1.29, 1.82) is 5.26 Å². The number of carbonyl (C=O) groups is 1. The first-order chi connectivity index (χ1) is 13.4. The summed E-state index contributed by atoms with van der Waals surface area (Å²) in [5, 5.41) is 11.5. The molecule has 1 saturated heterocycles. The molecule has 1 N–H and O–H groups in total. The van der Waals surface area contributed by atoms with E-state index in [0.717, 1.165) is 37.9 Å². The first-order valence-electron chi connectivity index (χ1n) is 8.87. The molecule has 1 fully saturated rings. The van der Waals surface area contributed by atoms with E-state index in [9.17, 15) is 18.0 Å². The number of hydrogen-bond acceptors (Lipinski definition) is 5. The van der Waals surface area contributed by atoms with E-state index in [0.29, 0.717) is 13.1 Å². The highest BCUT2D eigenvalue weighted by Gasteiger charge is 2.33. The Hall–Kier alpha value is -3.15. The lowest BCUT2D eigenvalue weighted by atomic mass is 10.1. The summed E-state index contributed by atoms with van der Waals surface area (Å²) < 4.78 is 39.5. The molecule has 6 nitrogen and oxygen atoms in total. The van der Waals surface area contributed by atoms with Gasteiger partial charge in [0.2, 0.25) is 0 Å². The summed E-state index contributed by atoms with van der Waals surface area (Å²) >= 11 is 0. The number of pyridine rings is 2. The number of alkyl halides is 3. The smallest absolute Gasteiger partial charge is 0.356 e. The van der Waals surface area contributed by atoms with Crippen molar-refractivity contribution in [2.75, 3.05) is 23.3 Å². The number of amides is 1. The van der Waals surface area contributed by atoms with Crippen LogP contribution in [-0.4, -0.2) is 29.0 Å². The van der Waals surface area contributed by atoms with Crippen molar-refractivity contribution in [3.05, 3.63) is 47.4 Å². The Morgan fingerprint density at radius 2 is 1.82 bits per heavy atom. The van der Waals surface area contributed by atoms with Crippen LogP contribution in [0, 0.1) is 11.3 Å². The number of hydrogen-bond donors (Lipinski definition) is 1. The third-order valence-corrected chi connectivity index (χ3v) is 4.47. The molecule has 0 unspecified atom stereocenters. The number of nitrogens with zero attached hydrogens (tertiary/aromatic N) is 4. The molecule has 0 bridgehead atoms. The van der Waals surface area contributed by atoms with Crippen LogP contribution in [0.1, 0.15) is 47.2 Å². The highest BCUT2D eigenvalue weighted by Crippen LogP contribution is 2.32. The molecule has 2 aromatic heterocycles. The van der Waals surface area contributed by atoms with Crippen LogP contribution in [-0.2, 0) is 6.18 Å². The predicted molar refractivity (Wildman–Crippen MR) is 96.8 cm³/mol. The van der Waals surface area contributed by atoms with Gasteiger partial charge in [-0.2, -0.15) is 18.4 Å². The highest BCUT2D eigenvalue weighted by molar-refractivity contribution is 6.07. The standard InChI is InChI=1S/C19H18F3N5O/c20-19(21,22)14-8-16(17(25-11-14)27-5-3-1-2-4-6-27)18(28)26-15-7-13(9-23)10-24-12-15/h7-8,10-12H,1-6H2,(H,26,28). The van der Waals surface area contributed by atoms with E-state index in [2.05, 4.69) is 15.3 Å². The van der Waals surface area contributed by atoms with Crippen LogP contribution < -0.4 is 10.2 Å². The Labute approximate surface area is 160 Å². The maximum Gasteiger partial charge on any atom is 0.417 e. The van der Waals surface area contributed by atoms with Gasteiger partial charge in [0.15, 0.2) is 0 Å². The molecule has 146 valence electrons. The topological polar surface area (TPSA) is 81.9 Å². The molecule has 3 heterocycles. The van der Waals surface area contributed by atoms with Crippen molar-refractivity contribution >= 4 is 17.4 Å². The predicted octanol–water partition coefficient (Wildman–Crippen LogP) is 4.00. The molecule has 28 heavy (non-hydrogen) atoms. The summed E-state index contributed by atoms with van der Waals surface area (Å²) in [6, 6.07) is 4.12. The quantitative estimate of drug-likeness (QED) is 0.858. The number of halogens is 3. The van der Waals surface area contributed by atoms with Gasteiger partial charge in [-0.1, -0.05) is 12.8 Å². The van der Waals surface area contributed by atoms with Gasteiger partial charge in [0.25, 0.3) is 5.91 Å². The summed E-state index contributed by atoms with van der Waals surface area (Å²) in [6.45, 7) is 1.26. The lowest BCUT2D eigenvalue weighted by Crippen LogP contribution is -2.28. The lowest BCUT2D eigenvalue weighted by molar-refractivity contribution is -0.137. The second kappa shape index (κ2) is 8.25. The summed E-state index contributed by atoms with van der Waals surface area (Å²) in [5.74, 6) is -0.494. The molecule has 1 aliphatic rings. The molecular formula is C19H18F3N5O. The van der Waals surface area contributed by atoms with Gasteiger partial charge in [0.1, 0.15) is 11.9 Å². The Morgan fingerprint density at radius 3 is 2.46 bits per heavy atom. The van der Waals surface area contributed by atoms with Crippen LogP contribution in [0.15, 0.2) is 30.7 Å². The minimum absolute atomic E-state index is 0.154. The Kier molecular flexibility index (Phi) is 5.78. The zero-order valence-corrected chi connectivity index (χ0v) is 15.0. The van der Waals surface area contributed by atoms with Crippen LogP contribution in [0.3, 0.4) is 0 Å². The van der Waals surface area contributed by atoms with E-state index in [4.69, 9.17) is 5.26 Å².